The zero-order valence-electron chi connectivity index (χ0n) is 12.1. The second-order valence-corrected chi connectivity index (χ2v) is 6.85. The van der Waals surface area contributed by atoms with Crippen LogP contribution in [-0.4, -0.2) is 34.6 Å². The third kappa shape index (κ3) is 3.87. The predicted molar refractivity (Wildman–Crippen MR) is 89.7 cm³/mol. The summed E-state index contributed by atoms with van der Waals surface area (Å²) in [6.45, 7) is 4.86. The van der Waals surface area contributed by atoms with E-state index in [1.54, 1.807) is 23.1 Å². The van der Waals surface area contributed by atoms with Crippen molar-refractivity contribution >= 4 is 40.3 Å². The summed E-state index contributed by atoms with van der Waals surface area (Å²) in [6, 6.07) is 4.93. The number of rotatable bonds is 2. The van der Waals surface area contributed by atoms with E-state index in [4.69, 9.17) is 0 Å². The van der Waals surface area contributed by atoms with Crippen molar-refractivity contribution in [2.45, 2.75) is 32.7 Å². The van der Waals surface area contributed by atoms with E-state index in [0.29, 0.717) is 18.2 Å². The fraction of sp³-hybridized carbons (Fsp3) is 0.467. The van der Waals surface area contributed by atoms with Crippen LogP contribution in [0, 0.1) is 9.49 Å². The molecule has 5 nitrogen and oxygen atoms in total. The van der Waals surface area contributed by atoms with E-state index in [0.717, 1.165) is 16.4 Å². The molecule has 1 fully saturated rings. The molecule has 0 saturated carbocycles. The Bertz CT molecular complexity index is 562. The number of nitrogens with one attached hydrogen (secondary N) is 1. The summed E-state index contributed by atoms with van der Waals surface area (Å²) in [6.07, 6.45) is 2.10. The Hall–Kier alpha value is -1.31. The lowest BCUT2D eigenvalue weighted by Gasteiger charge is -2.36. The highest BCUT2D eigenvalue weighted by atomic mass is 127. The van der Waals surface area contributed by atoms with Gasteiger partial charge in [-0.3, -0.25) is 0 Å². The number of halogens is 1. The number of aromatic carboxylic acids is 1. The Balaban J connectivity index is 2.17. The van der Waals surface area contributed by atoms with Crippen molar-refractivity contribution < 1.29 is 14.7 Å². The molecule has 0 radical (unpaired) electrons. The number of piperidine rings is 1. The summed E-state index contributed by atoms with van der Waals surface area (Å²) in [5, 5.41) is 12.0. The predicted octanol–water partition coefficient (Wildman–Crippen LogP) is 3.64. The molecule has 21 heavy (non-hydrogen) atoms. The standard InChI is InChI=1S/C15H19IN2O3/c1-9-3-4-10(2)18(8-9)15(21)17-13-6-5-11(16)7-12(13)14(19)20/h5-7,9-10H,3-4,8H2,1-2H3,(H,17,21)(H,19,20). The molecule has 2 unspecified atom stereocenters. The van der Waals surface area contributed by atoms with Gasteiger partial charge in [0.05, 0.1) is 11.3 Å². The van der Waals surface area contributed by atoms with Crippen LogP contribution in [0.3, 0.4) is 0 Å². The molecule has 1 heterocycles. The Morgan fingerprint density at radius 3 is 2.71 bits per heavy atom. The van der Waals surface area contributed by atoms with E-state index in [-0.39, 0.29) is 17.6 Å². The van der Waals surface area contributed by atoms with E-state index in [2.05, 4.69) is 34.8 Å². The van der Waals surface area contributed by atoms with Crippen LogP contribution >= 0.6 is 22.6 Å². The molecule has 1 saturated heterocycles. The van der Waals surface area contributed by atoms with Crippen LogP contribution in [0.5, 0.6) is 0 Å². The summed E-state index contributed by atoms with van der Waals surface area (Å²) in [5.41, 5.74) is 0.464. The van der Waals surface area contributed by atoms with Crippen LogP contribution in [0.2, 0.25) is 0 Å². The molecular weight excluding hydrogens is 383 g/mol. The highest BCUT2D eigenvalue weighted by Gasteiger charge is 2.27. The Morgan fingerprint density at radius 1 is 1.33 bits per heavy atom. The average molecular weight is 402 g/mol. The summed E-state index contributed by atoms with van der Waals surface area (Å²) >= 11 is 2.05. The molecule has 0 spiro atoms. The van der Waals surface area contributed by atoms with Gasteiger partial charge in [0.2, 0.25) is 0 Å². The van der Waals surface area contributed by atoms with Gasteiger partial charge in [0, 0.05) is 16.2 Å². The van der Waals surface area contributed by atoms with Crippen molar-refractivity contribution in [3.63, 3.8) is 0 Å². The molecule has 2 amide bonds. The minimum atomic E-state index is -1.04. The van der Waals surface area contributed by atoms with Gasteiger partial charge in [-0.15, -0.1) is 0 Å². The van der Waals surface area contributed by atoms with Gasteiger partial charge < -0.3 is 15.3 Å². The second-order valence-electron chi connectivity index (χ2n) is 5.61. The molecule has 1 aliphatic rings. The van der Waals surface area contributed by atoms with Gasteiger partial charge in [0.1, 0.15) is 0 Å². The summed E-state index contributed by atoms with van der Waals surface area (Å²) in [4.78, 5) is 25.5. The van der Waals surface area contributed by atoms with Crippen molar-refractivity contribution in [3.05, 3.63) is 27.3 Å². The third-order valence-corrected chi connectivity index (χ3v) is 4.50. The second kappa shape index (κ2) is 6.64. The first-order chi connectivity index (χ1) is 9.88. The average Bonchev–Trinajstić information content (AvgIpc) is 2.43. The smallest absolute Gasteiger partial charge is 0.337 e. The van der Waals surface area contributed by atoms with Gasteiger partial charge in [-0.05, 0) is 66.5 Å². The zero-order chi connectivity index (χ0) is 15.6. The molecule has 0 aliphatic carbocycles. The van der Waals surface area contributed by atoms with Crippen molar-refractivity contribution in [2.75, 3.05) is 11.9 Å². The number of hydrogen-bond donors (Lipinski definition) is 2. The van der Waals surface area contributed by atoms with Crippen LogP contribution in [-0.2, 0) is 0 Å². The molecule has 2 N–H and O–H groups in total. The van der Waals surface area contributed by atoms with Gasteiger partial charge in [-0.1, -0.05) is 6.92 Å². The number of amides is 2. The van der Waals surface area contributed by atoms with Gasteiger partial charge in [-0.25, -0.2) is 9.59 Å². The van der Waals surface area contributed by atoms with Gasteiger partial charge in [0.25, 0.3) is 0 Å². The normalized spacial score (nSPS) is 22.0. The zero-order valence-corrected chi connectivity index (χ0v) is 14.3. The quantitative estimate of drug-likeness (QED) is 0.743. The first-order valence-electron chi connectivity index (χ1n) is 6.99. The minimum absolute atomic E-state index is 0.118. The van der Waals surface area contributed by atoms with E-state index < -0.39 is 5.97 Å². The lowest BCUT2D eigenvalue weighted by molar-refractivity contribution is 0.0698. The summed E-state index contributed by atoms with van der Waals surface area (Å²) < 4.78 is 0.822. The molecule has 1 aromatic carbocycles. The maximum atomic E-state index is 12.4. The molecule has 1 aliphatic heterocycles. The Labute approximate surface area is 137 Å². The maximum absolute atomic E-state index is 12.4. The molecule has 1 aromatic rings. The van der Waals surface area contributed by atoms with Crippen LogP contribution in [0.15, 0.2) is 18.2 Å². The Morgan fingerprint density at radius 2 is 2.05 bits per heavy atom. The molecule has 0 aromatic heterocycles. The van der Waals surface area contributed by atoms with Crippen LogP contribution in [0.25, 0.3) is 0 Å². The van der Waals surface area contributed by atoms with Crippen LogP contribution in [0.4, 0.5) is 10.5 Å². The summed E-state index contributed by atoms with van der Waals surface area (Å²) in [7, 11) is 0. The van der Waals surface area contributed by atoms with E-state index in [1.807, 2.05) is 6.92 Å². The number of hydrogen-bond acceptors (Lipinski definition) is 2. The van der Waals surface area contributed by atoms with Gasteiger partial charge in [0.15, 0.2) is 0 Å². The van der Waals surface area contributed by atoms with Crippen molar-refractivity contribution in [2.24, 2.45) is 5.92 Å². The molecule has 2 rings (SSSR count). The highest BCUT2D eigenvalue weighted by molar-refractivity contribution is 14.1. The number of carboxylic acid groups (broad SMARTS) is 1. The first-order valence-corrected chi connectivity index (χ1v) is 8.07. The lowest BCUT2D eigenvalue weighted by atomic mass is 9.95. The largest absolute Gasteiger partial charge is 0.478 e. The first kappa shape index (κ1) is 16.1. The van der Waals surface area contributed by atoms with Gasteiger partial charge >= 0.3 is 12.0 Å². The van der Waals surface area contributed by atoms with E-state index in [1.165, 1.54) is 0 Å². The number of urea groups is 1. The number of nitrogens with zero attached hydrogens (tertiary/aromatic N) is 1. The molecule has 2 atom stereocenters. The maximum Gasteiger partial charge on any atom is 0.337 e. The number of carboxylic acids is 1. The SMILES string of the molecule is CC1CCC(C)N(C(=O)Nc2ccc(I)cc2C(=O)O)C1. The monoisotopic (exact) mass is 402 g/mol. The number of anilines is 1. The van der Waals surface area contributed by atoms with Crippen molar-refractivity contribution in [3.8, 4) is 0 Å². The molecule has 0 bridgehead atoms. The van der Waals surface area contributed by atoms with Crippen molar-refractivity contribution in [1.82, 2.24) is 4.90 Å². The fourth-order valence-electron chi connectivity index (χ4n) is 2.56. The Kier molecular flexibility index (Phi) is 5.08. The van der Waals surface area contributed by atoms with Gasteiger partial charge in [-0.2, -0.15) is 0 Å². The number of carbonyl (C=O) groups is 2. The van der Waals surface area contributed by atoms with E-state index in [9.17, 15) is 14.7 Å². The van der Waals surface area contributed by atoms with Crippen LogP contribution < -0.4 is 5.32 Å². The summed E-state index contributed by atoms with van der Waals surface area (Å²) in [5.74, 6) is -0.563. The van der Waals surface area contributed by atoms with Crippen molar-refractivity contribution in [1.29, 1.82) is 0 Å². The number of carbonyl (C=O) groups excluding carboxylic acids is 1. The lowest BCUT2D eigenvalue weighted by Crippen LogP contribution is -2.47. The number of benzene rings is 1. The molecule has 114 valence electrons. The molecular formula is C15H19IN2O3. The third-order valence-electron chi connectivity index (χ3n) is 3.83. The highest BCUT2D eigenvalue weighted by Crippen LogP contribution is 2.24. The van der Waals surface area contributed by atoms with Crippen LogP contribution in [0.1, 0.15) is 37.0 Å². The minimum Gasteiger partial charge on any atom is -0.478 e. The topological polar surface area (TPSA) is 69.6 Å². The van der Waals surface area contributed by atoms with E-state index >= 15 is 0 Å². The number of likely N-dealkylation sites (tertiary alicyclic amines) is 1. The molecule has 6 heteroatoms. The fourth-order valence-corrected chi connectivity index (χ4v) is 3.05.